The van der Waals surface area contributed by atoms with Crippen molar-refractivity contribution in [1.29, 1.82) is 5.26 Å². The van der Waals surface area contributed by atoms with E-state index in [2.05, 4.69) is 15.6 Å². The zero-order valence-electron chi connectivity index (χ0n) is 15.5. The summed E-state index contributed by atoms with van der Waals surface area (Å²) in [7, 11) is 1.65. The average molecular weight is 372 g/mol. The van der Waals surface area contributed by atoms with Crippen LogP contribution in [0.25, 0.3) is 0 Å². The van der Waals surface area contributed by atoms with Gasteiger partial charge < -0.3 is 15.4 Å². The summed E-state index contributed by atoms with van der Waals surface area (Å²) in [5.74, 6) is 0.581. The van der Waals surface area contributed by atoms with Crippen LogP contribution in [0.4, 0.5) is 11.4 Å². The fourth-order valence-corrected chi connectivity index (χ4v) is 2.64. The highest BCUT2D eigenvalue weighted by Gasteiger charge is 2.08. The van der Waals surface area contributed by atoms with Crippen LogP contribution < -0.4 is 15.4 Å². The van der Waals surface area contributed by atoms with Gasteiger partial charge in [-0.1, -0.05) is 12.1 Å². The monoisotopic (exact) mass is 372 g/mol. The van der Waals surface area contributed by atoms with E-state index in [0.29, 0.717) is 23.4 Å². The molecule has 0 fully saturated rings. The van der Waals surface area contributed by atoms with Gasteiger partial charge >= 0.3 is 0 Å². The number of nitriles is 1. The molecule has 1 heterocycles. The Morgan fingerprint density at radius 2 is 1.82 bits per heavy atom. The summed E-state index contributed by atoms with van der Waals surface area (Å²) < 4.78 is 5.16. The molecule has 0 radical (unpaired) electrons. The van der Waals surface area contributed by atoms with Crippen molar-refractivity contribution in [2.24, 2.45) is 0 Å². The van der Waals surface area contributed by atoms with Gasteiger partial charge in [-0.05, 0) is 54.4 Å². The van der Waals surface area contributed by atoms with E-state index in [-0.39, 0.29) is 5.91 Å². The Morgan fingerprint density at radius 1 is 1.07 bits per heavy atom. The molecule has 6 heteroatoms. The molecule has 0 saturated carbocycles. The van der Waals surface area contributed by atoms with Gasteiger partial charge in [-0.2, -0.15) is 5.26 Å². The number of carbonyl (C=O) groups is 1. The van der Waals surface area contributed by atoms with Gasteiger partial charge in [0.15, 0.2) is 0 Å². The Morgan fingerprint density at radius 3 is 2.50 bits per heavy atom. The fourth-order valence-electron chi connectivity index (χ4n) is 2.64. The van der Waals surface area contributed by atoms with Gasteiger partial charge in [-0.15, -0.1) is 0 Å². The third-order valence-electron chi connectivity index (χ3n) is 4.17. The molecule has 0 atom stereocenters. The van der Waals surface area contributed by atoms with E-state index in [1.165, 1.54) is 11.8 Å². The maximum absolute atomic E-state index is 12.4. The third kappa shape index (κ3) is 5.08. The first kappa shape index (κ1) is 18.9. The molecule has 140 valence electrons. The highest BCUT2D eigenvalue weighted by atomic mass is 16.5. The normalized spacial score (nSPS) is 10.0. The van der Waals surface area contributed by atoms with E-state index in [4.69, 9.17) is 10.00 Å². The molecular formula is C22H20N4O2. The SMILES string of the molecule is COc1ccc(CCNc2cncc(C(=O)Nc3ccc(C#N)cc3)c2)cc1. The number of pyridine rings is 1. The van der Waals surface area contributed by atoms with Crippen molar-refractivity contribution in [2.75, 3.05) is 24.3 Å². The first-order valence-corrected chi connectivity index (χ1v) is 8.81. The number of aromatic nitrogens is 1. The van der Waals surface area contributed by atoms with Gasteiger partial charge in [0.25, 0.3) is 5.91 Å². The molecule has 28 heavy (non-hydrogen) atoms. The van der Waals surface area contributed by atoms with Crippen LogP contribution in [-0.4, -0.2) is 24.5 Å². The van der Waals surface area contributed by atoms with Crippen LogP contribution in [-0.2, 0) is 6.42 Å². The quantitative estimate of drug-likeness (QED) is 0.657. The lowest BCUT2D eigenvalue weighted by atomic mass is 10.1. The maximum atomic E-state index is 12.4. The molecule has 0 aliphatic carbocycles. The highest BCUT2D eigenvalue weighted by molar-refractivity contribution is 6.04. The summed E-state index contributed by atoms with van der Waals surface area (Å²) in [6.07, 6.45) is 4.05. The number of nitrogens with zero attached hydrogens (tertiary/aromatic N) is 2. The molecule has 3 aromatic rings. The Labute approximate surface area is 163 Å². The predicted octanol–water partition coefficient (Wildman–Crippen LogP) is 3.87. The number of anilines is 2. The van der Waals surface area contributed by atoms with E-state index in [1.54, 1.807) is 43.6 Å². The van der Waals surface area contributed by atoms with Crippen molar-refractivity contribution in [3.8, 4) is 11.8 Å². The lowest BCUT2D eigenvalue weighted by Gasteiger charge is -2.09. The van der Waals surface area contributed by atoms with Gasteiger partial charge in [0.2, 0.25) is 0 Å². The molecule has 0 aliphatic heterocycles. The fraction of sp³-hybridized carbons (Fsp3) is 0.136. The van der Waals surface area contributed by atoms with E-state index in [9.17, 15) is 4.79 Å². The van der Waals surface area contributed by atoms with Crippen LogP contribution >= 0.6 is 0 Å². The summed E-state index contributed by atoms with van der Waals surface area (Å²) in [6.45, 7) is 0.717. The van der Waals surface area contributed by atoms with E-state index in [1.807, 2.05) is 30.3 Å². The van der Waals surface area contributed by atoms with Crippen molar-refractivity contribution >= 4 is 17.3 Å². The van der Waals surface area contributed by atoms with Crippen LogP contribution in [0, 0.1) is 11.3 Å². The molecule has 2 aromatic carbocycles. The lowest BCUT2D eigenvalue weighted by molar-refractivity contribution is 0.102. The number of methoxy groups -OCH3 is 1. The second-order valence-corrected chi connectivity index (χ2v) is 6.13. The maximum Gasteiger partial charge on any atom is 0.257 e. The molecule has 0 unspecified atom stereocenters. The van der Waals surface area contributed by atoms with Crippen molar-refractivity contribution in [3.63, 3.8) is 0 Å². The number of carbonyl (C=O) groups excluding carboxylic acids is 1. The molecule has 0 bridgehead atoms. The number of nitrogens with one attached hydrogen (secondary N) is 2. The first-order valence-electron chi connectivity index (χ1n) is 8.81. The van der Waals surface area contributed by atoms with Crippen LogP contribution in [0.5, 0.6) is 5.75 Å². The standard InChI is InChI=1S/C22H20N4O2/c1-28-21-8-4-16(5-9-21)10-11-25-20-12-18(14-24-15-20)22(27)26-19-6-2-17(13-23)3-7-19/h2-9,12,14-15,25H,10-11H2,1H3,(H,26,27). The van der Waals surface area contributed by atoms with Gasteiger partial charge in [-0.3, -0.25) is 9.78 Å². The molecular weight excluding hydrogens is 352 g/mol. The first-order chi connectivity index (χ1) is 13.7. The highest BCUT2D eigenvalue weighted by Crippen LogP contribution is 2.14. The van der Waals surface area contributed by atoms with Gasteiger partial charge in [0.05, 0.1) is 30.0 Å². The number of rotatable bonds is 7. The van der Waals surface area contributed by atoms with Gasteiger partial charge in [0.1, 0.15) is 5.75 Å². The minimum Gasteiger partial charge on any atom is -0.497 e. The largest absolute Gasteiger partial charge is 0.497 e. The summed E-state index contributed by atoms with van der Waals surface area (Å²) in [6, 6.07) is 18.4. The third-order valence-corrected chi connectivity index (χ3v) is 4.17. The molecule has 3 rings (SSSR count). The molecule has 6 nitrogen and oxygen atoms in total. The number of hydrogen-bond acceptors (Lipinski definition) is 5. The number of hydrogen-bond donors (Lipinski definition) is 2. The topological polar surface area (TPSA) is 87.0 Å². The molecule has 2 N–H and O–H groups in total. The van der Waals surface area contributed by atoms with Crippen molar-refractivity contribution in [1.82, 2.24) is 4.98 Å². The van der Waals surface area contributed by atoms with Crippen LogP contribution in [0.3, 0.4) is 0 Å². The number of benzene rings is 2. The predicted molar refractivity (Wildman–Crippen MR) is 109 cm³/mol. The van der Waals surface area contributed by atoms with Crippen LogP contribution in [0.1, 0.15) is 21.5 Å². The number of ether oxygens (including phenoxy) is 1. The molecule has 1 amide bonds. The summed E-state index contributed by atoms with van der Waals surface area (Å²) in [4.78, 5) is 16.6. The van der Waals surface area contributed by atoms with E-state index < -0.39 is 0 Å². The number of amides is 1. The molecule has 0 spiro atoms. The zero-order chi connectivity index (χ0) is 19.8. The van der Waals surface area contributed by atoms with Crippen molar-refractivity contribution in [2.45, 2.75) is 6.42 Å². The lowest BCUT2D eigenvalue weighted by Crippen LogP contribution is -2.13. The Bertz CT molecular complexity index is 977. The van der Waals surface area contributed by atoms with Crippen molar-refractivity contribution < 1.29 is 9.53 Å². The van der Waals surface area contributed by atoms with Crippen molar-refractivity contribution in [3.05, 3.63) is 83.7 Å². The summed E-state index contributed by atoms with van der Waals surface area (Å²) >= 11 is 0. The molecule has 0 saturated heterocycles. The minimum absolute atomic E-state index is 0.254. The van der Waals surface area contributed by atoms with Gasteiger partial charge in [-0.25, -0.2) is 0 Å². The van der Waals surface area contributed by atoms with E-state index >= 15 is 0 Å². The molecule has 1 aromatic heterocycles. The Hall–Kier alpha value is -3.85. The summed E-state index contributed by atoms with van der Waals surface area (Å²) in [5, 5.41) is 14.9. The average Bonchev–Trinajstić information content (AvgIpc) is 2.75. The van der Waals surface area contributed by atoms with Crippen LogP contribution in [0.15, 0.2) is 67.0 Å². The van der Waals surface area contributed by atoms with Gasteiger partial charge in [0, 0.05) is 24.6 Å². The second-order valence-electron chi connectivity index (χ2n) is 6.13. The van der Waals surface area contributed by atoms with Crippen LogP contribution in [0.2, 0.25) is 0 Å². The molecule has 0 aliphatic rings. The summed E-state index contributed by atoms with van der Waals surface area (Å²) in [5.41, 5.74) is 3.60. The Kier molecular flexibility index (Phi) is 6.21. The second kappa shape index (κ2) is 9.19. The zero-order valence-corrected chi connectivity index (χ0v) is 15.5. The smallest absolute Gasteiger partial charge is 0.257 e. The van der Waals surface area contributed by atoms with E-state index in [0.717, 1.165) is 17.9 Å². The Balaban J connectivity index is 1.56. The minimum atomic E-state index is -0.254.